The van der Waals surface area contributed by atoms with Crippen LogP contribution in [0.1, 0.15) is 27.5 Å². The Hall–Kier alpha value is -2.93. The highest BCUT2D eigenvalue weighted by atomic mass is 32.2. The number of furan rings is 1. The molecule has 0 aliphatic rings. The number of thioether (sulfide) groups is 1. The van der Waals surface area contributed by atoms with E-state index in [-0.39, 0.29) is 12.5 Å². The highest BCUT2D eigenvalue weighted by Crippen LogP contribution is 2.20. The summed E-state index contributed by atoms with van der Waals surface area (Å²) in [6, 6.07) is 13.0. The highest BCUT2D eigenvalue weighted by Gasteiger charge is 2.18. The number of hydrogen-bond acceptors (Lipinski definition) is 5. The number of nitrogens with one attached hydrogen (secondary N) is 1. The number of aryl methyl sites for hydroxylation is 1. The zero-order chi connectivity index (χ0) is 20.1. The van der Waals surface area contributed by atoms with Crippen molar-refractivity contribution in [2.24, 2.45) is 0 Å². The summed E-state index contributed by atoms with van der Waals surface area (Å²) in [5, 5.41) is 2.74. The van der Waals surface area contributed by atoms with Gasteiger partial charge in [-0.3, -0.25) is 4.79 Å². The van der Waals surface area contributed by atoms with E-state index in [0.29, 0.717) is 17.8 Å². The molecule has 28 heavy (non-hydrogen) atoms. The van der Waals surface area contributed by atoms with E-state index >= 15 is 0 Å². The summed E-state index contributed by atoms with van der Waals surface area (Å²) < 4.78 is 12.6. The Labute approximate surface area is 167 Å². The zero-order valence-electron chi connectivity index (χ0n) is 16.0. The predicted octanol–water partition coefficient (Wildman–Crippen LogP) is 4.26. The average molecular weight is 398 g/mol. The van der Waals surface area contributed by atoms with Gasteiger partial charge in [-0.25, -0.2) is 4.79 Å². The van der Waals surface area contributed by atoms with E-state index in [2.05, 4.69) is 5.32 Å². The third-order valence-electron chi connectivity index (χ3n) is 4.38. The molecule has 3 rings (SSSR count). The minimum Gasteiger partial charge on any atom is -0.467 e. The van der Waals surface area contributed by atoms with Gasteiger partial charge in [0.2, 0.25) is 0 Å². The maximum Gasteiger partial charge on any atom is 0.340 e. The number of esters is 1. The monoisotopic (exact) mass is 398 g/mol. The topological polar surface area (TPSA) is 73.5 Å². The van der Waals surface area contributed by atoms with E-state index in [0.717, 1.165) is 22.0 Å². The number of carbonyl (C=O) groups is 2. The molecule has 146 valence electrons. The van der Waals surface area contributed by atoms with E-state index in [1.54, 1.807) is 30.2 Å². The summed E-state index contributed by atoms with van der Waals surface area (Å²) in [7, 11) is 0. The molecule has 0 aliphatic carbocycles. The molecule has 7 heteroatoms. The molecule has 0 spiro atoms. The second kappa shape index (κ2) is 8.84. The SMILES string of the molecule is CSc1cccc(NC(=O)COC(=O)c2cc(C)n(Cc3ccco3)c2C)c1. The fourth-order valence-electron chi connectivity index (χ4n) is 2.92. The van der Waals surface area contributed by atoms with Gasteiger partial charge in [0, 0.05) is 22.0 Å². The lowest BCUT2D eigenvalue weighted by Gasteiger charge is -2.09. The van der Waals surface area contributed by atoms with E-state index in [1.165, 1.54) is 0 Å². The number of rotatable bonds is 7. The Bertz CT molecular complexity index is 976. The lowest BCUT2D eigenvalue weighted by atomic mass is 10.2. The molecule has 0 radical (unpaired) electrons. The van der Waals surface area contributed by atoms with Gasteiger partial charge in [-0.05, 0) is 56.5 Å². The first-order valence-corrected chi connectivity index (χ1v) is 10.0. The Kier molecular flexibility index (Phi) is 6.26. The Morgan fingerprint density at radius 3 is 2.71 bits per heavy atom. The summed E-state index contributed by atoms with van der Waals surface area (Å²) in [5.41, 5.74) is 2.80. The van der Waals surface area contributed by atoms with Crippen LogP contribution in [-0.4, -0.2) is 29.3 Å². The van der Waals surface area contributed by atoms with Crippen molar-refractivity contribution in [3.05, 3.63) is 71.4 Å². The van der Waals surface area contributed by atoms with Crippen molar-refractivity contribution < 1.29 is 18.7 Å². The fourth-order valence-corrected chi connectivity index (χ4v) is 3.38. The second-order valence-corrected chi connectivity index (χ2v) is 7.19. The van der Waals surface area contributed by atoms with Gasteiger partial charge < -0.3 is 19.0 Å². The molecule has 0 bridgehead atoms. The number of amides is 1. The third-order valence-corrected chi connectivity index (χ3v) is 5.10. The van der Waals surface area contributed by atoms with E-state index in [9.17, 15) is 9.59 Å². The van der Waals surface area contributed by atoms with Crippen LogP contribution in [0.25, 0.3) is 0 Å². The molecular formula is C21H22N2O4S. The normalized spacial score (nSPS) is 10.7. The van der Waals surface area contributed by atoms with Gasteiger partial charge in [-0.2, -0.15) is 0 Å². The number of ether oxygens (including phenoxy) is 1. The molecule has 0 atom stereocenters. The minimum atomic E-state index is -0.521. The minimum absolute atomic E-state index is 0.343. The van der Waals surface area contributed by atoms with Crippen molar-refractivity contribution in [2.75, 3.05) is 18.2 Å². The van der Waals surface area contributed by atoms with Crippen LogP contribution in [0.15, 0.2) is 58.0 Å². The number of carbonyl (C=O) groups excluding carboxylic acids is 2. The number of nitrogens with zero attached hydrogens (tertiary/aromatic N) is 1. The van der Waals surface area contributed by atoms with E-state index < -0.39 is 5.97 Å². The van der Waals surface area contributed by atoms with Crippen molar-refractivity contribution in [1.82, 2.24) is 4.57 Å². The zero-order valence-corrected chi connectivity index (χ0v) is 16.8. The average Bonchev–Trinajstić information content (AvgIpc) is 3.30. The molecule has 1 N–H and O–H groups in total. The van der Waals surface area contributed by atoms with Crippen molar-refractivity contribution in [3.63, 3.8) is 0 Å². The molecule has 1 amide bonds. The Morgan fingerprint density at radius 1 is 1.18 bits per heavy atom. The summed E-state index contributed by atoms with van der Waals surface area (Å²) in [6.45, 7) is 3.95. The molecule has 0 aliphatic heterocycles. The molecule has 0 fully saturated rings. The molecule has 1 aromatic carbocycles. The van der Waals surface area contributed by atoms with Crippen LogP contribution in [0.4, 0.5) is 5.69 Å². The summed E-state index contributed by atoms with van der Waals surface area (Å²) in [6.07, 6.45) is 3.58. The third kappa shape index (κ3) is 4.67. The number of hydrogen-bond donors (Lipinski definition) is 1. The van der Waals surface area contributed by atoms with Crippen LogP contribution < -0.4 is 5.32 Å². The van der Waals surface area contributed by atoms with Gasteiger partial charge in [0.05, 0.1) is 18.4 Å². The van der Waals surface area contributed by atoms with Gasteiger partial charge in [0.25, 0.3) is 5.91 Å². The molecule has 2 aromatic heterocycles. The molecular weight excluding hydrogens is 376 g/mol. The molecule has 2 heterocycles. The van der Waals surface area contributed by atoms with Gasteiger partial charge in [0.1, 0.15) is 5.76 Å². The van der Waals surface area contributed by atoms with Crippen LogP contribution in [0.3, 0.4) is 0 Å². The van der Waals surface area contributed by atoms with Crippen molar-refractivity contribution >= 4 is 29.3 Å². The molecule has 3 aromatic rings. The van der Waals surface area contributed by atoms with Crippen LogP contribution in [0.2, 0.25) is 0 Å². The van der Waals surface area contributed by atoms with Gasteiger partial charge in [-0.15, -0.1) is 11.8 Å². The van der Waals surface area contributed by atoms with E-state index in [1.807, 2.05) is 55.0 Å². The maximum absolute atomic E-state index is 12.4. The molecule has 6 nitrogen and oxygen atoms in total. The summed E-state index contributed by atoms with van der Waals surface area (Å²) >= 11 is 1.59. The predicted molar refractivity (Wildman–Crippen MR) is 109 cm³/mol. The van der Waals surface area contributed by atoms with Crippen molar-refractivity contribution in [3.8, 4) is 0 Å². The number of anilines is 1. The molecule has 0 saturated heterocycles. The lowest BCUT2D eigenvalue weighted by Crippen LogP contribution is -2.21. The summed E-state index contributed by atoms with van der Waals surface area (Å²) in [5.74, 6) is -0.101. The van der Waals surface area contributed by atoms with Crippen LogP contribution in [-0.2, 0) is 16.1 Å². The van der Waals surface area contributed by atoms with Crippen LogP contribution in [0.5, 0.6) is 0 Å². The maximum atomic E-state index is 12.4. The fraction of sp³-hybridized carbons (Fsp3) is 0.238. The lowest BCUT2D eigenvalue weighted by molar-refractivity contribution is -0.119. The van der Waals surface area contributed by atoms with Crippen molar-refractivity contribution in [1.29, 1.82) is 0 Å². The van der Waals surface area contributed by atoms with Gasteiger partial charge >= 0.3 is 5.97 Å². The molecule has 0 saturated carbocycles. The Balaban J connectivity index is 1.61. The smallest absolute Gasteiger partial charge is 0.340 e. The van der Waals surface area contributed by atoms with E-state index in [4.69, 9.17) is 9.15 Å². The first-order valence-electron chi connectivity index (χ1n) is 8.78. The second-order valence-electron chi connectivity index (χ2n) is 6.31. The number of aromatic nitrogens is 1. The quantitative estimate of drug-likeness (QED) is 0.475. The first-order chi connectivity index (χ1) is 13.5. The Morgan fingerprint density at radius 2 is 2.00 bits per heavy atom. The largest absolute Gasteiger partial charge is 0.467 e. The van der Waals surface area contributed by atoms with Crippen LogP contribution in [0, 0.1) is 13.8 Å². The highest BCUT2D eigenvalue weighted by molar-refractivity contribution is 7.98. The number of benzene rings is 1. The van der Waals surface area contributed by atoms with Gasteiger partial charge in [-0.1, -0.05) is 6.07 Å². The van der Waals surface area contributed by atoms with Crippen molar-refractivity contribution in [2.45, 2.75) is 25.3 Å². The van der Waals surface area contributed by atoms with Crippen LogP contribution >= 0.6 is 11.8 Å². The standard InChI is InChI=1S/C21H22N2O4S/c1-14-10-19(15(2)23(14)12-17-7-5-9-26-17)21(25)27-13-20(24)22-16-6-4-8-18(11-16)28-3/h4-11H,12-13H2,1-3H3,(H,22,24). The summed E-state index contributed by atoms with van der Waals surface area (Å²) in [4.78, 5) is 25.6. The first kappa shape index (κ1) is 19.8. The van der Waals surface area contributed by atoms with Gasteiger partial charge in [0.15, 0.2) is 6.61 Å². The molecule has 0 unspecified atom stereocenters.